The quantitative estimate of drug-likeness (QED) is 0.573. The van der Waals surface area contributed by atoms with Gasteiger partial charge in [0.1, 0.15) is 11.8 Å². The second-order valence-corrected chi connectivity index (χ2v) is 7.90. The van der Waals surface area contributed by atoms with Crippen LogP contribution in [0.4, 0.5) is 8.78 Å². The fraction of sp³-hybridized carbons (Fsp3) is 0.333. The van der Waals surface area contributed by atoms with Crippen molar-refractivity contribution in [2.24, 2.45) is 0 Å². The Morgan fingerprint density at radius 1 is 1.17 bits per heavy atom. The summed E-state index contributed by atoms with van der Waals surface area (Å²) in [5.74, 6) is 0.0686. The van der Waals surface area contributed by atoms with Crippen LogP contribution in [0.1, 0.15) is 22.3 Å². The Bertz CT molecular complexity index is 852. The molecular weight excluding hydrogens is 434 g/mol. The van der Waals surface area contributed by atoms with Crippen molar-refractivity contribution in [2.75, 3.05) is 19.1 Å². The zero-order chi connectivity index (χ0) is 22.1. The van der Waals surface area contributed by atoms with Crippen molar-refractivity contribution in [3.8, 4) is 5.75 Å². The summed E-state index contributed by atoms with van der Waals surface area (Å²) in [6.07, 6.45) is 2.38. The SMILES string of the molecule is CSCCC(NC(=O)c1ccccc1Cl)C(=O)N(C)Cc1ccc(OC(F)F)cc1. The van der Waals surface area contributed by atoms with Crippen molar-refractivity contribution >= 4 is 35.2 Å². The molecule has 1 unspecified atom stereocenters. The minimum absolute atomic E-state index is 0.0487. The van der Waals surface area contributed by atoms with Gasteiger partial charge in [-0.05, 0) is 48.3 Å². The van der Waals surface area contributed by atoms with Crippen LogP contribution in [0.3, 0.4) is 0 Å². The fourth-order valence-corrected chi connectivity index (χ4v) is 3.46. The molecule has 0 aliphatic rings. The van der Waals surface area contributed by atoms with E-state index in [1.807, 2.05) is 6.26 Å². The summed E-state index contributed by atoms with van der Waals surface area (Å²) in [5, 5.41) is 3.09. The van der Waals surface area contributed by atoms with Gasteiger partial charge in [-0.2, -0.15) is 20.5 Å². The van der Waals surface area contributed by atoms with Gasteiger partial charge in [0.15, 0.2) is 0 Å². The largest absolute Gasteiger partial charge is 0.435 e. The lowest BCUT2D eigenvalue weighted by Crippen LogP contribution is -2.47. The molecule has 0 aliphatic carbocycles. The highest BCUT2D eigenvalue weighted by atomic mass is 35.5. The van der Waals surface area contributed by atoms with E-state index in [4.69, 9.17) is 11.6 Å². The molecule has 162 valence electrons. The zero-order valence-electron chi connectivity index (χ0n) is 16.6. The van der Waals surface area contributed by atoms with E-state index in [2.05, 4.69) is 10.1 Å². The number of carbonyl (C=O) groups excluding carboxylic acids is 2. The lowest BCUT2D eigenvalue weighted by molar-refractivity contribution is -0.132. The molecule has 5 nitrogen and oxygen atoms in total. The minimum atomic E-state index is -2.89. The molecule has 0 fully saturated rings. The molecule has 1 N–H and O–H groups in total. The van der Waals surface area contributed by atoms with Crippen molar-refractivity contribution in [3.05, 3.63) is 64.7 Å². The number of amides is 2. The van der Waals surface area contributed by atoms with Crippen molar-refractivity contribution < 1.29 is 23.1 Å². The molecule has 0 bridgehead atoms. The average Bonchev–Trinajstić information content (AvgIpc) is 2.71. The van der Waals surface area contributed by atoms with Crippen molar-refractivity contribution in [1.29, 1.82) is 0 Å². The topological polar surface area (TPSA) is 58.6 Å². The number of carbonyl (C=O) groups is 2. The molecule has 0 aliphatic heterocycles. The number of ether oxygens (including phenoxy) is 1. The Morgan fingerprint density at radius 3 is 2.43 bits per heavy atom. The summed E-state index contributed by atoms with van der Waals surface area (Å²) in [5.41, 5.74) is 1.05. The zero-order valence-corrected chi connectivity index (χ0v) is 18.2. The van der Waals surface area contributed by atoms with E-state index in [-0.39, 0.29) is 18.2 Å². The number of hydrogen-bond donors (Lipinski definition) is 1. The average molecular weight is 457 g/mol. The molecular formula is C21H23ClF2N2O3S. The number of rotatable bonds is 10. The van der Waals surface area contributed by atoms with Gasteiger partial charge in [-0.1, -0.05) is 35.9 Å². The molecule has 0 heterocycles. The van der Waals surface area contributed by atoms with Crippen LogP contribution in [0, 0.1) is 0 Å². The van der Waals surface area contributed by atoms with Crippen LogP contribution in [-0.4, -0.2) is 48.4 Å². The summed E-state index contributed by atoms with van der Waals surface area (Å²) < 4.78 is 28.8. The molecule has 0 spiro atoms. The maximum absolute atomic E-state index is 13.0. The van der Waals surface area contributed by atoms with Crippen molar-refractivity contribution in [1.82, 2.24) is 10.2 Å². The molecule has 9 heteroatoms. The molecule has 2 aromatic carbocycles. The van der Waals surface area contributed by atoms with Crippen LogP contribution >= 0.6 is 23.4 Å². The van der Waals surface area contributed by atoms with Gasteiger partial charge in [0.25, 0.3) is 5.91 Å². The van der Waals surface area contributed by atoms with Gasteiger partial charge in [-0.25, -0.2) is 0 Å². The second-order valence-electron chi connectivity index (χ2n) is 6.50. The lowest BCUT2D eigenvalue weighted by atomic mass is 10.1. The standard InChI is InChI=1S/C21H23ClF2N2O3S/c1-26(13-14-7-9-15(10-8-14)29-21(23)24)20(28)18(11-12-30-2)25-19(27)16-5-3-4-6-17(16)22/h3-10,18,21H,11-13H2,1-2H3,(H,25,27). The third kappa shape index (κ3) is 7.18. The second kappa shape index (κ2) is 11.8. The smallest absolute Gasteiger partial charge is 0.387 e. The third-order valence-corrected chi connectivity index (χ3v) is 5.25. The van der Waals surface area contributed by atoms with Crippen LogP contribution in [-0.2, 0) is 11.3 Å². The first-order valence-electron chi connectivity index (χ1n) is 9.15. The molecule has 0 aromatic heterocycles. The molecule has 30 heavy (non-hydrogen) atoms. The summed E-state index contributed by atoms with van der Waals surface area (Å²) >= 11 is 7.66. The van der Waals surface area contributed by atoms with Gasteiger partial charge < -0.3 is 15.0 Å². The number of thioether (sulfide) groups is 1. The molecule has 0 saturated carbocycles. The molecule has 2 rings (SSSR count). The first-order chi connectivity index (χ1) is 14.3. The summed E-state index contributed by atoms with van der Waals surface area (Å²) in [7, 11) is 1.62. The van der Waals surface area contributed by atoms with Crippen molar-refractivity contribution in [2.45, 2.75) is 25.6 Å². The Labute approximate surface area is 183 Å². The normalized spacial score (nSPS) is 11.8. The maximum atomic E-state index is 13.0. The van der Waals surface area contributed by atoms with Gasteiger partial charge in [-0.15, -0.1) is 0 Å². The Kier molecular flexibility index (Phi) is 9.39. The van der Waals surface area contributed by atoms with Crippen LogP contribution in [0.2, 0.25) is 5.02 Å². The number of benzene rings is 2. The molecule has 0 radical (unpaired) electrons. The fourth-order valence-electron chi connectivity index (χ4n) is 2.77. The van der Waals surface area contributed by atoms with Gasteiger partial charge in [-0.3, -0.25) is 9.59 Å². The number of halogens is 3. The van der Waals surface area contributed by atoms with Crippen molar-refractivity contribution in [3.63, 3.8) is 0 Å². The van der Waals surface area contributed by atoms with E-state index in [1.165, 1.54) is 17.0 Å². The van der Waals surface area contributed by atoms with Crippen LogP contribution < -0.4 is 10.1 Å². The summed E-state index contributed by atoms with van der Waals surface area (Å²) in [6, 6.07) is 12.0. The van der Waals surface area contributed by atoms with Crippen LogP contribution in [0.5, 0.6) is 5.75 Å². The van der Waals surface area contributed by atoms with Gasteiger partial charge in [0, 0.05) is 13.6 Å². The molecule has 0 saturated heterocycles. The third-order valence-electron chi connectivity index (χ3n) is 4.28. The number of likely N-dealkylation sites (N-methyl/N-ethyl adjacent to an activating group) is 1. The molecule has 2 aromatic rings. The van der Waals surface area contributed by atoms with E-state index in [1.54, 1.807) is 55.2 Å². The van der Waals surface area contributed by atoms with E-state index in [9.17, 15) is 18.4 Å². The Morgan fingerprint density at radius 2 is 1.83 bits per heavy atom. The van der Waals surface area contributed by atoms with E-state index in [0.717, 1.165) is 5.56 Å². The van der Waals surface area contributed by atoms with E-state index in [0.29, 0.717) is 22.8 Å². The van der Waals surface area contributed by atoms with E-state index < -0.39 is 18.6 Å². The number of nitrogens with one attached hydrogen (secondary N) is 1. The Hall–Kier alpha value is -2.32. The number of alkyl halides is 2. The number of hydrogen-bond acceptors (Lipinski definition) is 4. The van der Waals surface area contributed by atoms with Crippen LogP contribution in [0.15, 0.2) is 48.5 Å². The van der Waals surface area contributed by atoms with E-state index >= 15 is 0 Å². The molecule has 1 atom stereocenters. The lowest BCUT2D eigenvalue weighted by Gasteiger charge is -2.25. The van der Waals surface area contributed by atoms with Gasteiger partial charge >= 0.3 is 6.61 Å². The highest BCUT2D eigenvalue weighted by Crippen LogP contribution is 2.18. The Balaban J connectivity index is 2.05. The first kappa shape index (κ1) is 24.0. The highest BCUT2D eigenvalue weighted by Gasteiger charge is 2.25. The minimum Gasteiger partial charge on any atom is -0.435 e. The predicted molar refractivity (Wildman–Crippen MR) is 115 cm³/mol. The number of nitrogens with zero attached hydrogens (tertiary/aromatic N) is 1. The maximum Gasteiger partial charge on any atom is 0.387 e. The van der Waals surface area contributed by atoms with Gasteiger partial charge in [0.05, 0.1) is 10.6 Å². The summed E-state index contributed by atoms with van der Waals surface area (Å²) in [6.45, 7) is -2.63. The first-order valence-corrected chi connectivity index (χ1v) is 10.9. The monoisotopic (exact) mass is 456 g/mol. The highest BCUT2D eigenvalue weighted by molar-refractivity contribution is 7.98. The predicted octanol–water partition coefficient (Wildman–Crippen LogP) is 4.45. The summed E-state index contributed by atoms with van der Waals surface area (Å²) in [4.78, 5) is 27.1. The molecule has 2 amide bonds. The van der Waals surface area contributed by atoms with Gasteiger partial charge in [0.2, 0.25) is 5.91 Å². The van der Waals surface area contributed by atoms with Crippen LogP contribution in [0.25, 0.3) is 0 Å².